The van der Waals surface area contributed by atoms with Gasteiger partial charge in [-0.15, -0.1) is 0 Å². The van der Waals surface area contributed by atoms with Crippen LogP contribution in [0.5, 0.6) is 11.5 Å². The quantitative estimate of drug-likeness (QED) is 0.881. The molecule has 2 N–H and O–H groups in total. The van der Waals surface area contributed by atoms with E-state index in [0.717, 1.165) is 16.9 Å². The molecule has 0 fully saturated rings. The van der Waals surface area contributed by atoms with E-state index < -0.39 is 0 Å². The lowest BCUT2D eigenvalue weighted by molar-refractivity contribution is -0.0175. The number of aromatic nitrogens is 1. The van der Waals surface area contributed by atoms with Crippen LogP contribution in [-0.2, 0) is 18.0 Å². The van der Waals surface area contributed by atoms with Crippen molar-refractivity contribution in [2.45, 2.75) is 13.2 Å². The van der Waals surface area contributed by atoms with Crippen molar-refractivity contribution in [2.75, 3.05) is 12.5 Å². The number of rotatable bonds is 3. The zero-order valence-electron chi connectivity index (χ0n) is 10.6. The molecular weight excluding hydrogens is 280 g/mol. The summed E-state index contributed by atoms with van der Waals surface area (Å²) in [6.07, 6.45) is 3.16. The van der Waals surface area contributed by atoms with E-state index >= 15 is 0 Å². The topological polar surface area (TPSA) is 66.6 Å². The Balaban J connectivity index is 1.82. The Morgan fingerprint density at radius 3 is 3.05 bits per heavy atom. The summed E-state index contributed by atoms with van der Waals surface area (Å²) >= 11 is 5.86. The summed E-state index contributed by atoms with van der Waals surface area (Å²) in [6.45, 7) is 1.06. The van der Waals surface area contributed by atoms with Crippen molar-refractivity contribution in [3.05, 3.63) is 46.7 Å². The van der Waals surface area contributed by atoms with E-state index in [0.29, 0.717) is 29.7 Å². The second kappa shape index (κ2) is 5.56. The molecule has 0 unspecified atom stereocenters. The molecule has 3 rings (SSSR count). The van der Waals surface area contributed by atoms with Crippen molar-refractivity contribution in [3.8, 4) is 11.5 Å². The molecule has 0 saturated carbocycles. The minimum Gasteiger partial charge on any atom is -0.487 e. The minimum absolute atomic E-state index is 0.239. The Kier molecular flexibility index (Phi) is 3.62. The lowest BCUT2D eigenvalue weighted by Gasteiger charge is -2.21. The smallest absolute Gasteiger partial charge is 0.189 e. The predicted molar refractivity (Wildman–Crippen MR) is 74.7 cm³/mol. The summed E-state index contributed by atoms with van der Waals surface area (Å²) in [4.78, 5) is 3.97. The van der Waals surface area contributed by atoms with Crippen LogP contribution >= 0.6 is 11.6 Å². The molecule has 0 atom stereocenters. The number of benzene rings is 1. The molecule has 2 aromatic rings. The van der Waals surface area contributed by atoms with E-state index in [9.17, 15) is 0 Å². The van der Waals surface area contributed by atoms with Crippen LogP contribution in [0.1, 0.15) is 11.1 Å². The van der Waals surface area contributed by atoms with Crippen molar-refractivity contribution in [1.29, 1.82) is 0 Å². The van der Waals surface area contributed by atoms with E-state index in [1.165, 1.54) is 0 Å². The van der Waals surface area contributed by atoms with Gasteiger partial charge in [0.25, 0.3) is 0 Å². The van der Waals surface area contributed by atoms with E-state index in [2.05, 4.69) is 4.98 Å². The molecule has 104 valence electrons. The summed E-state index contributed by atoms with van der Waals surface area (Å²) in [6, 6.07) is 5.39. The molecule has 0 spiro atoms. The number of hydrogen-bond donors (Lipinski definition) is 1. The van der Waals surface area contributed by atoms with Crippen LogP contribution in [0.15, 0.2) is 30.6 Å². The average molecular weight is 293 g/mol. The fraction of sp³-hybridized carbons (Fsp3) is 0.214. The largest absolute Gasteiger partial charge is 0.487 e. The normalized spacial score (nSPS) is 13.4. The Bertz CT molecular complexity index is 634. The number of ether oxygens (including phenoxy) is 3. The molecule has 0 radical (unpaired) electrons. The maximum Gasteiger partial charge on any atom is 0.189 e. The molecule has 1 aromatic heterocycles. The van der Waals surface area contributed by atoms with Crippen LogP contribution in [0.25, 0.3) is 0 Å². The summed E-state index contributed by atoms with van der Waals surface area (Å²) in [5, 5.41) is 0.529. The van der Waals surface area contributed by atoms with Crippen LogP contribution < -0.4 is 15.2 Å². The van der Waals surface area contributed by atoms with E-state index in [4.69, 9.17) is 31.5 Å². The lowest BCUT2D eigenvalue weighted by atomic mass is 10.1. The monoisotopic (exact) mass is 292 g/mol. The molecule has 0 amide bonds. The van der Waals surface area contributed by atoms with Gasteiger partial charge in [0.05, 0.1) is 17.8 Å². The number of nitrogens with zero attached hydrogens (tertiary/aromatic N) is 1. The number of nitrogens with two attached hydrogens (primary N) is 1. The molecule has 6 heteroatoms. The maximum atomic E-state index is 5.88. The van der Waals surface area contributed by atoms with Gasteiger partial charge < -0.3 is 19.9 Å². The van der Waals surface area contributed by atoms with Crippen LogP contribution in [0.4, 0.5) is 5.69 Å². The summed E-state index contributed by atoms with van der Waals surface area (Å²) < 4.78 is 16.4. The first-order valence-electron chi connectivity index (χ1n) is 6.07. The number of nitrogen functional groups attached to an aromatic ring is 1. The third-order valence-electron chi connectivity index (χ3n) is 2.88. The number of pyridine rings is 1. The molecule has 0 bridgehead atoms. The van der Waals surface area contributed by atoms with E-state index in [1.807, 2.05) is 12.1 Å². The highest BCUT2D eigenvalue weighted by molar-refractivity contribution is 6.30. The molecule has 5 nitrogen and oxygen atoms in total. The molecule has 0 aliphatic carbocycles. The number of anilines is 1. The summed E-state index contributed by atoms with van der Waals surface area (Å²) in [5.74, 6) is 1.38. The van der Waals surface area contributed by atoms with Gasteiger partial charge in [-0.05, 0) is 12.1 Å². The van der Waals surface area contributed by atoms with Gasteiger partial charge in [-0.2, -0.15) is 0 Å². The Hall–Kier alpha value is -1.98. The van der Waals surface area contributed by atoms with Gasteiger partial charge in [-0.1, -0.05) is 11.6 Å². The van der Waals surface area contributed by atoms with Gasteiger partial charge in [-0.25, -0.2) is 0 Å². The molecule has 0 saturated heterocycles. The van der Waals surface area contributed by atoms with Crippen molar-refractivity contribution in [3.63, 3.8) is 0 Å². The van der Waals surface area contributed by atoms with Crippen molar-refractivity contribution in [1.82, 2.24) is 4.98 Å². The number of fused-ring (bicyclic) bond motifs is 1. The van der Waals surface area contributed by atoms with Gasteiger partial charge in [0.2, 0.25) is 0 Å². The van der Waals surface area contributed by atoms with Crippen molar-refractivity contribution >= 4 is 17.3 Å². The van der Waals surface area contributed by atoms with Gasteiger partial charge in [0, 0.05) is 29.1 Å². The fourth-order valence-electron chi connectivity index (χ4n) is 2.07. The highest BCUT2D eigenvalue weighted by Crippen LogP contribution is 2.31. The van der Waals surface area contributed by atoms with Crippen molar-refractivity contribution < 1.29 is 14.2 Å². The maximum absolute atomic E-state index is 5.88. The second-order valence-electron chi connectivity index (χ2n) is 4.41. The second-order valence-corrected chi connectivity index (χ2v) is 4.84. The third kappa shape index (κ3) is 2.79. The number of halogens is 1. The van der Waals surface area contributed by atoms with Gasteiger partial charge in [-0.3, -0.25) is 4.98 Å². The zero-order chi connectivity index (χ0) is 13.9. The van der Waals surface area contributed by atoms with Gasteiger partial charge in [0.1, 0.15) is 18.1 Å². The molecule has 2 heterocycles. The van der Waals surface area contributed by atoms with Crippen LogP contribution in [0.3, 0.4) is 0 Å². The van der Waals surface area contributed by atoms with Gasteiger partial charge in [0.15, 0.2) is 6.79 Å². The average Bonchev–Trinajstić information content (AvgIpc) is 2.44. The molecule has 1 aliphatic rings. The fourth-order valence-corrected chi connectivity index (χ4v) is 2.23. The number of hydrogen-bond acceptors (Lipinski definition) is 5. The SMILES string of the molecule is Nc1cc2c(c(COc3cncc(Cl)c3)c1)OCOC2. The third-order valence-corrected chi connectivity index (χ3v) is 3.09. The first-order valence-corrected chi connectivity index (χ1v) is 6.45. The summed E-state index contributed by atoms with van der Waals surface area (Å²) in [5.41, 5.74) is 8.34. The Morgan fingerprint density at radius 2 is 2.20 bits per heavy atom. The standard InChI is InChI=1S/C14H13ClN2O3/c15-11-3-13(5-17-4-11)19-7-10-2-12(16)1-9-6-18-8-20-14(9)10/h1-5H,6-8,16H2. The first kappa shape index (κ1) is 13.0. The lowest BCUT2D eigenvalue weighted by Crippen LogP contribution is -2.14. The van der Waals surface area contributed by atoms with E-state index in [1.54, 1.807) is 18.5 Å². The highest BCUT2D eigenvalue weighted by atomic mass is 35.5. The Morgan fingerprint density at radius 1 is 1.30 bits per heavy atom. The highest BCUT2D eigenvalue weighted by Gasteiger charge is 2.16. The van der Waals surface area contributed by atoms with Gasteiger partial charge >= 0.3 is 0 Å². The van der Waals surface area contributed by atoms with Crippen LogP contribution in [-0.4, -0.2) is 11.8 Å². The van der Waals surface area contributed by atoms with Crippen LogP contribution in [0, 0.1) is 0 Å². The molecule has 20 heavy (non-hydrogen) atoms. The summed E-state index contributed by atoms with van der Waals surface area (Å²) in [7, 11) is 0. The predicted octanol–water partition coefficient (Wildman–Crippen LogP) is 2.76. The molecule has 1 aliphatic heterocycles. The molecule has 1 aromatic carbocycles. The van der Waals surface area contributed by atoms with Crippen LogP contribution in [0.2, 0.25) is 5.02 Å². The molecular formula is C14H13ClN2O3. The zero-order valence-corrected chi connectivity index (χ0v) is 11.4. The van der Waals surface area contributed by atoms with E-state index in [-0.39, 0.29) is 6.79 Å². The Labute approximate surface area is 121 Å². The minimum atomic E-state index is 0.239. The van der Waals surface area contributed by atoms with Crippen molar-refractivity contribution in [2.24, 2.45) is 0 Å². The first-order chi connectivity index (χ1) is 9.72.